The van der Waals surface area contributed by atoms with Crippen LogP contribution >= 0.6 is 0 Å². The lowest BCUT2D eigenvalue weighted by atomic mass is 10.2. The van der Waals surface area contributed by atoms with Gasteiger partial charge in [-0.3, -0.25) is 0 Å². The number of rotatable bonds is 2. The van der Waals surface area contributed by atoms with Crippen LogP contribution in [0.3, 0.4) is 0 Å². The second kappa shape index (κ2) is 4.56. The topological polar surface area (TPSA) is 50.3 Å². The summed E-state index contributed by atoms with van der Waals surface area (Å²) in [5.41, 5.74) is 7.94. The predicted molar refractivity (Wildman–Crippen MR) is 71.4 cm³/mol. The molecule has 2 heterocycles. The van der Waals surface area contributed by atoms with Gasteiger partial charge in [0, 0.05) is 32.2 Å². The summed E-state index contributed by atoms with van der Waals surface area (Å²) in [4.78, 5) is 4.75. The smallest absolute Gasteiger partial charge is 0.150 e. The second-order valence-corrected chi connectivity index (χ2v) is 4.94. The molecule has 1 aromatic rings. The van der Waals surface area contributed by atoms with Gasteiger partial charge in [-0.25, -0.2) is 4.68 Å². The molecule has 17 heavy (non-hydrogen) atoms. The molecule has 1 aliphatic rings. The molecule has 0 aromatic carbocycles. The van der Waals surface area contributed by atoms with Crippen LogP contribution in [0, 0.1) is 6.92 Å². The highest BCUT2D eigenvalue weighted by Crippen LogP contribution is 2.29. The van der Waals surface area contributed by atoms with Crippen LogP contribution in [0.4, 0.5) is 11.5 Å². The molecule has 0 spiro atoms. The molecule has 0 bridgehead atoms. The largest absolute Gasteiger partial charge is 0.394 e. The minimum Gasteiger partial charge on any atom is -0.394 e. The standard InChI is InChI=1S/C12H23N5/c1-5-17-12(11(13)10(3)14-17)16-7-6-15(4)8-9(16)2/h9H,5-8,13H2,1-4H3. The molecule has 1 aromatic heterocycles. The average Bonchev–Trinajstić information content (AvgIpc) is 2.56. The van der Waals surface area contributed by atoms with E-state index in [2.05, 4.69) is 35.8 Å². The van der Waals surface area contributed by atoms with Crippen molar-refractivity contribution in [2.75, 3.05) is 37.3 Å². The van der Waals surface area contributed by atoms with Crippen molar-refractivity contribution in [3.8, 4) is 0 Å². The van der Waals surface area contributed by atoms with Crippen LogP contribution in [-0.2, 0) is 6.54 Å². The van der Waals surface area contributed by atoms with Gasteiger partial charge in [-0.1, -0.05) is 0 Å². The lowest BCUT2D eigenvalue weighted by molar-refractivity contribution is 0.273. The van der Waals surface area contributed by atoms with Gasteiger partial charge in [0.05, 0.1) is 11.4 Å². The summed E-state index contributed by atoms with van der Waals surface area (Å²) in [5.74, 6) is 1.10. The van der Waals surface area contributed by atoms with Crippen LogP contribution in [0.2, 0.25) is 0 Å². The van der Waals surface area contributed by atoms with Crippen molar-refractivity contribution in [3.63, 3.8) is 0 Å². The molecule has 2 N–H and O–H groups in total. The van der Waals surface area contributed by atoms with E-state index in [1.54, 1.807) is 0 Å². The Balaban J connectivity index is 2.33. The highest BCUT2D eigenvalue weighted by Gasteiger charge is 2.26. The number of piperazine rings is 1. The van der Waals surface area contributed by atoms with Gasteiger partial charge in [0.15, 0.2) is 5.82 Å². The normalized spacial score (nSPS) is 22.1. The Bertz CT molecular complexity index is 398. The van der Waals surface area contributed by atoms with E-state index in [9.17, 15) is 0 Å². The van der Waals surface area contributed by atoms with Crippen molar-refractivity contribution in [1.82, 2.24) is 14.7 Å². The number of anilines is 2. The molecule has 96 valence electrons. The number of hydrogen-bond acceptors (Lipinski definition) is 4. The number of aromatic nitrogens is 2. The molecule has 2 rings (SSSR count). The SMILES string of the molecule is CCn1nc(C)c(N)c1N1CCN(C)CC1C. The molecular formula is C12H23N5. The lowest BCUT2D eigenvalue weighted by Crippen LogP contribution is -2.51. The zero-order valence-electron chi connectivity index (χ0n) is 11.3. The third-order valence-corrected chi connectivity index (χ3v) is 3.55. The van der Waals surface area contributed by atoms with Crippen LogP contribution in [0.25, 0.3) is 0 Å². The molecule has 0 saturated carbocycles. The van der Waals surface area contributed by atoms with E-state index in [1.807, 2.05) is 11.6 Å². The number of aryl methyl sites for hydroxylation is 2. The zero-order chi connectivity index (χ0) is 12.6. The average molecular weight is 237 g/mol. The second-order valence-electron chi connectivity index (χ2n) is 4.94. The fraction of sp³-hybridized carbons (Fsp3) is 0.750. The zero-order valence-corrected chi connectivity index (χ0v) is 11.3. The maximum absolute atomic E-state index is 6.17. The van der Waals surface area contributed by atoms with E-state index in [0.29, 0.717) is 6.04 Å². The van der Waals surface area contributed by atoms with Crippen molar-refractivity contribution in [2.24, 2.45) is 0 Å². The summed E-state index contributed by atoms with van der Waals surface area (Å²) < 4.78 is 2.02. The van der Waals surface area contributed by atoms with Crippen molar-refractivity contribution in [3.05, 3.63) is 5.69 Å². The summed E-state index contributed by atoms with van der Waals surface area (Å²) >= 11 is 0. The van der Waals surface area contributed by atoms with Gasteiger partial charge >= 0.3 is 0 Å². The first-order chi connectivity index (χ1) is 8.04. The number of nitrogens with zero attached hydrogens (tertiary/aromatic N) is 4. The van der Waals surface area contributed by atoms with E-state index < -0.39 is 0 Å². The van der Waals surface area contributed by atoms with E-state index in [4.69, 9.17) is 5.73 Å². The number of hydrogen-bond donors (Lipinski definition) is 1. The van der Waals surface area contributed by atoms with Crippen molar-refractivity contribution < 1.29 is 0 Å². The van der Waals surface area contributed by atoms with Crippen LogP contribution in [-0.4, -0.2) is 47.4 Å². The first kappa shape index (κ1) is 12.2. The van der Waals surface area contributed by atoms with Crippen LogP contribution in [0.1, 0.15) is 19.5 Å². The van der Waals surface area contributed by atoms with Gasteiger partial charge in [-0.2, -0.15) is 5.10 Å². The number of nitrogens with two attached hydrogens (primary N) is 1. The molecule has 0 radical (unpaired) electrons. The fourth-order valence-corrected chi connectivity index (χ4v) is 2.56. The molecule has 1 atom stereocenters. The molecule has 1 aliphatic heterocycles. The molecular weight excluding hydrogens is 214 g/mol. The van der Waals surface area contributed by atoms with Crippen LogP contribution in [0.15, 0.2) is 0 Å². The molecule has 5 nitrogen and oxygen atoms in total. The maximum Gasteiger partial charge on any atom is 0.150 e. The van der Waals surface area contributed by atoms with E-state index in [0.717, 1.165) is 43.4 Å². The van der Waals surface area contributed by atoms with E-state index in [-0.39, 0.29) is 0 Å². The summed E-state index contributed by atoms with van der Waals surface area (Å²) in [7, 11) is 2.17. The Morgan fingerprint density at radius 3 is 2.71 bits per heavy atom. The molecule has 1 saturated heterocycles. The van der Waals surface area contributed by atoms with Gasteiger partial charge in [0.25, 0.3) is 0 Å². The molecule has 1 unspecified atom stereocenters. The van der Waals surface area contributed by atoms with Gasteiger partial charge in [-0.05, 0) is 27.8 Å². The first-order valence-electron chi connectivity index (χ1n) is 6.32. The van der Waals surface area contributed by atoms with Gasteiger partial charge in [-0.15, -0.1) is 0 Å². The Hall–Kier alpha value is -1.23. The Morgan fingerprint density at radius 1 is 1.41 bits per heavy atom. The molecule has 0 aliphatic carbocycles. The van der Waals surface area contributed by atoms with Crippen molar-refractivity contribution in [1.29, 1.82) is 0 Å². The van der Waals surface area contributed by atoms with E-state index in [1.165, 1.54) is 0 Å². The van der Waals surface area contributed by atoms with Crippen molar-refractivity contribution in [2.45, 2.75) is 33.4 Å². The fourth-order valence-electron chi connectivity index (χ4n) is 2.56. The third-order valence-electron chi connectivity index (χ3n) is 3.55. The highest BCUT2D eigenvalue weighted by atomic mass is 15.4. The first-order valence-corrected chi connectivity index (χ1v) is 6.32. The van der Waals surface area contributed by atoms with Crippen molar-refractivity contribution >= 4 is 11.5 Å². The monoisotopic (exact) mass is 237 g/mol. The summed E-state index contributed by atoms with van der Waals surface area (Å²) in [6, 6.07) is 0.484. The quantitative estimate of drug-likeness (QED) is 0.831. The van der Waals surface area contributed by atoms with Crippen LogP contribution < -0.4 is 10.6 Å². The van der Waals surface area contributed by atoms with Gasteiger partial charge < -0.3 is 15.5 Å². The Morgan fingerprint density at radius 2 is 2.12 bits per heavy atom. The summed E-state index contributed by atoms with van der Waals surface area (Å²) in [6.45, 7) is 10.4. The number of likely N-dealkylation sites (N-methyl/N-ethyl adjacent to an activating group) is 1. The van der Waals surface area contributed by atoms with E-state index >= 15 is 0 Å². The number of nitrogen functional groups attached to an aromatic ring is 1. The lowest BCUT2D eigenvalue weighted by Gasteiger charge is -2.39. The molecule has 5 heteroatoms. The highest BCUT2D eigenvalue weighted by molar-refractivity contribution is 5.66. The Kier molecular flexibility index (Phi) is 3.28. The minimum atomic E-state index is 0.484. The maximum atomic E-state index is 6.17. The van der Waals surface area contributed by atoms with Crippen LogP contribution in [0.5, 0.6) is 0 Å². The third kappa shape index (κ3) is 2.11. The summed E-state index contributed by atoms with van der Waals surface area (Å²) in [6.07, 6.45) is 0. The van der Waals surface area contributed by atoms with Gasteiger partial charge in [0.2, 0.25) is 0 Å². The molecule has 0 amide bonds. The summed E-state index contributed by atoms with van der Waals surface area (Å²) in [5, 5.41) is 4.49. The minimum absolute atomic E-state index is 0.484. The van der Waals surface area contributed by atoms with Gasteiger partial charge in [0.1, 0.15) is 0 Å². The predicted octanol–water partition coefficient (Wildman–Crippen LogP) is 0.934. The molecule has 1 fully saturated rings. The Labute approximate surface area is 103 Å².